The van der Waals surface area contributed by atoms with Gasteiger partial charge in [0.25, 0.3) is 0 Å². The Morgan fingerprint density at radius 2 is 1.88 bits per heavy atom. The molecule has 0 saturated heterocycles. The Hall–Kier alpha value is -1.86. The fourth-order valence-electron chi connectivity index (χ4n) is 3.78. The van der Waals surface area contributed by atoms with Gasteiger partial charge in [0.15, 0.2) is 8.32 Å². The lowest BCUT2D eigenvalue weighted by molar-refractivity contribution is -0.0220. The zero-order valence-electron chi connectivity index (χ0n) is 20.8. The Kier molecular flexibility index (Phi) is 8.39. The van der Waals surface area contributed by atoms with Crippen molar-refractivity contribution in [1.82, 2.24) is 0 Å². The molecule has 1 aliphatic heterocycles. The predicted octanol–water partition coefficient (Wildman–Crippen LogP) is 8.18. The molecule has 1 aliphatic rings. The van der Waals surface area contributed by atoms with Gasteiger partial charge in [0.05, 0.1) is 12.7 Å². The van der Waals surface area contributed by atoms with E-state index in [1.165, 1.54) is 35.6 Å². The zero-order valence-corrected chi connectivity index (χ0v) is 21.8. The van der Waals surface area contributed by atoms with Gasteiger partial charge in [-0.25, -0.2) is 0 Å². The van der Waals surface area contributed by atoms with Crippen molar-refractivity contribution in [3.8, 4) is 11.8 Å². The summed E-state index contributed by atoms with van der Waals surface area (Å²) < 4.78 is 13.1. The minimum absolute atomic E-state index is 0.0726. The molecule has 0 saturated carbocycles. The van der Waals surface area contributed by atoms with E-state index in [-0.39, 0.29) is 17.2 Å². The van der Waals surface area contributed by atoms with Crippen molar-refractivity contribution < 1.29 is 9.16 Å². The van der Waals surface area contributed by atoms with Crippen molar-refractivity contribution in [2.24, 2.45) is 0 Å². The van der Waals surface area contributed by atoms with Gasteiger partial charge in [0, 0.05) is 17.5 Å². The maximum Gasteiger partial charge on any atom is 0.192 e. The number of hydrogen-bond donors (Lipinski definition) is 0. The Morgan fingerprint density at radius 3 is 2.62 bits per heavy atom. The van der Waals surface area contributed by atoms with Crippen LogP contribution in [-0.4, -0.2) is 21.0 Å². The summed E-state index contributed by atoms with van der Waals surface area (Å²) in [5, 5.41) is 2.66. The highest BCUT2D eigenvalue weighted by atomic mass is 28.4. The van der Waals surface area contributed by atoms with Crippen molar-refractivity contribution in [2.45, 2.75) is 90.1 Å². The molecule has 3 heteroatoms. The quantitative estimate of drug-likeness (QED) is 0.184. The fourth-order valence-corrected chi connectivity index (χ4v) is 4.82. The minimum atomic E-state index is -1.80. The molecule has 2 unspecified atom stereocenters. The molecule has 0 aliphatic carbocycles. The van der Waals surface area contributed by atoms with Gasteiger partial charge < -0.3 is 9.16 Å². The van der Waals surface area contributed by atoms with Gasteiger partial charge in [-0.3, -0.25) is 0 Å². The van der Waals surface area contributed by atoms with Gasteiger partial charge in [0.1, 0.15) is 6.10 Å². The maximum absolute atomic E-state index is 6.62. The normalized spacial score (nSPS) is 19.1. The average molecular weight is 449 g/mol. The Balaban J connectivity index is 1.84. The molecule has 172 valence electrons. The molecule has 2 aromatic carbocycles. The number of benzene rings is 2. The highest BCUT2D eigenvalue weighted by Gasteiger charge is 2.38. The third-order valence-corrected chi connectivity index (χ3v) is 11.4. The summed E-state index contributed by atoms with van der Waals surface area (Å²) in [6, 6.07) is 12.9. The van der Waals surface area contributed by atoms with E-state index in [0.29, 0.717) is 6.61 Å². The molecule has 2 aromatic rings. The Morgan fingerprint density at radius 1 is 1.09 bits per heavy atom. The summed E-state index contributed by atoms with van der Waals surface area (Å²) in [6.07, 6.45) is 9.91. The van der Waals surface area contributed by atoms with Crippen LogP contribution >= 0.6 is 0 Å². The van der Waals surface area contributed by atoms with Crippen LogP contribution < -0.4 is 0 Å². The van der Waals surface area contributed by atoms with Crippen molar-refractivity contribution in [3.05, 3.63) is 59.7 Å². The molecule has 3 rings (SSSR count). The van der Waals surface area contributed by atoms with Crippen LogP contribution in [0.15, 0.2) is 48.6 Å². The van der Waals surface area contributed by atoms with Gasteiger partial charge in [-0.05, 0) is 47.8 Å². The van der Waals surface area contributed by atoms with E-state index in [9.17, 15) is 0 Å². The van der Waals surface area contributed by atoms with Gasteiger partial charge in [0.2, 0.25) is 0 Å². The monoisotopic (exact) mass is 448 g/mol. The second kappa shape index (κ2) is 10.8. The number of unbranched alkanes of at least 4 members (excludes halogenated alkanes) is 3. The van der Waals surface area contributed by atoms with Crippen LogP contribution in [0.1, 0.15) is 77.0 Å². The van der Waals surface area contributed by atoms with Crippen LogP contribution in [0, 0.1) is 11.8 Å². The van der Waals surface area contributed by atoms with Crippen LogP contribution in [-0.2, 0) is 9.16 Å². The smallest absolute Gasteiger partial charge is 0.192 e. The van der Waals surface area contributed by atoms with Gasteiger partial charge in [-0.1, -0.05) is 94.9 Å². The molecule has 2 atom stereocenters. The molecule has 0 fully saturated rings. The molecule has 1 heterocycles. The highest BCUT2D eigenvalue weighted by Crippen LogP contribution is 2.38. The molecule has 0 radical (unpaired) electrons. The van der Waals surface area contributed by atoms with Gasteiger partial charge >= 0.3 is 0 Å². The standard InChI is InChI=1S/C29H40O2Si/c1-7-8-9-10-11-16-24-21-20-23-15-12-13-18-26(23)28(24)27-19-14-17-25(31-27)22-30-32(5,6)29(2,3)4/h12-15,18-21,25,27H,7-10,17,22H2,1-6H3. The van der Waals surface area contributed by atoms with Crippen LogP contribution in [0.5, 0.6) is 0 Å². The molecule has 0 N–H and O–H groups in total. The van der Waals surface area contributed by atoms with Crippen molar-refractivity contribution in [2.75, 3.05) is 6.61 Å². The van der Waals surface area contributed by atoms with E-state index in [4.69, 9.17) is 9.16 Å². The summed E-state index contributed by atoms with van der Waals surface area (Å²) in [5.41, 5.74) is 2.28. The summed E-state index contributed by atoms with van der Waals surface area (Å²) in [6.45, 7) is 14.3. The summed E-state index contributed by atoms with van der Waals surface area (Å²) in [4.78, 5) is 0. The van der Waals surface area contributed by atoms with E-state index >= 15 is 0 Å². The Labute approximate surface area is 196 Å². The molecule has 2 nitrogen and oxygen atoms in total. The fraction of sp³-hybridized carbons (Fsp3) is 0.517. The second-order valence-corrected chi connectivity index (χ2v) is 15.2. The summed E-state index contributed by atoms with van der Waals surface area (Å²) in [5.74, 6) is 6.87. The average Bonchev–Trinajstić information content (AvgIpc) is 2.77. The number of ether oxygens (including phenoxy) is 1. The van der Waals surface area contributed by atoms with Crippen LogP contribution in [0.25, 0.3) is 10.8 Å². The van der Waals surface area contributed by atoms with Crippen LogP contribution in [0.4, 0.5) is 0 Å². The Bertz CT molecular complexity index is 988. The third kappa shape index (κ3) is 6.13. The molecule has 32 heavy (non-hydrogen) atoms. The molecule has 0 spiro atoms. The second-order valence-electron chi connectivity index (χ2n) is 10.4. The lowest BCUT2D eigenvalue weighted by Crippen LogP contribution is -2.43. The molecular weight excluding hydrogens is 408 g/mol. The summed E-state index contributed by atoms with van der Waals surface area (Å²) in [7, 11) is -1.80. The van der Waals surface area contributed by atoms with Crippen LogP contribution in [0.3, 0.4) is 0 Å². The van der Waals surface area contributed by atoms with Crippen LogP contribution in [0.2, 0.25) is 18.1 Å². The van der Waals surface area contributed by atoms with Crippen molar-refractivity contribution >= 4 is 19.1 Å². The highest BCUT2D eigenvalue weighted by molar-refractivity contribution is 6.74. The molecule has 0 aromatic heterocycles. The van der Waals surface area contributed by atoms with Crippen molar-refractivity contribution in [3.63, 3.8) is 0 Å². The third-order valence-electron chi connectivity index (χ3n) is 6.87. The first-order valence-corrected chi connectivity index (χ1v) is 15.1. The SMILES string of the molecule is CCCCCC#Cc1ccc2ccccc2c1C1C=CCC(CO[Si](C)(C)C(C)(C)C)O1. The van der Waals surface area contributed by atoms with E-state index in [1.807, 2.05) is 0 Å². The predicted molar refractivity (Wildman–Crippen MR) is 139 cm³/mol. The lowest BCUT2D eigenvalue weighted by atomic mass is 9.93. The van der Waals surface area contributed by atoms with E-state index < -0.39 is 8.32 Å². The first-order valence-electron chi connectivity index (χ1n) is 12.2. The van der Waals surface area contributed by atoms with Gasteiger partial charge in [-0.15, -0.1) is 0 Å². The largest absolute Gasteiger partial charge is 0.414 e. The molecule has 0 bridgehead atoms. The molecule has 0 amide bonds. The zero-order chi connectivity index (χ0) is 23.2. The van der Waals surface area contributed by atoms with E-state index in [0.717, 1.165) is 18.4 Å². The first kappa shape index (κ1) is 24.8. The topological polar surface area (TPSA) is 18.5 Å². The summed E-state index contributed by atoms with van der Waals surface area (Å²) >= 11 is 0. The number of rotatable bonds is 7. The molecular formula is C29H40O2Si. The number of fused-ring (bicyclic) bond motifs is 1. The van der Waals surface area contributed by atoms with Crippen molar-refractivity contribution in [1.29, 1.82) is 0 Å². The minimum Gasteiger partial charge on any atom is -0.414 e. The number of hydrogen-bond acceptors (Lipinski definition) is 2. The van der Waals surface area contributed by atoms with E-state index in [2.05, 4.69) is 101 Å². The van der Waals surface area contributed by atoms with Gasteiger partial charge in [-0.2, -0.15) is 0 Å². The lowest BCUT2D eigenvalue weighted by Gasteiger charge is -2.38. The van der Waals surface area contributed by atoms with E-state index in [1.54, 1.807) is 0 Å². The first-order chi connectivity index (χ1) is 15.2. The maximum atomic E-state index is 6.62.